The first kappa shape index (κ1) is 11.6. The second kappa shape index (κ2) is 6.19. The lowest BCUT2D eigenvalue weighted by molar-refractivity contribution is -0.142. The van der Waals surface area contributed by atoms with Gasteiger partial charge < -0.3 is 15.2 Å². The normalized spacial score (nSPS) is 11.8. The Bertz CT molecular complexity index is 202. The van der Waals surface area contributed by atoms with Gasteiger partial charge in [0.15, 0.2) is 0 Å². The fourth-order valence-electron chi connectivity index (χ4n) is 0.755. The summed E-state index contributed by atoms with van der Waals surface area (Å²) in [6.45, 7) is 3.25. The number of carboxylic acids is 1. The van der Waals surface area contributed by atoms with Crippen molar-refractivity contribution in [3.05, 3.63) is 12.7 Å². The van der Waals surface area contributed by atoms with Crippen molar-refractivity contribution in [1.82, 2.24) is 5.32 Å². The van der Waals surface area contributed by atoms with Crippen LogP contribution >= 0.6 is 0 Å². The molecule has 5 heteroatoms. The third-order valence-electron chi connectivity index (χ3n) is 1.31. The molecule has 0 aromatic heterocycles. The van der Waals surface area contributed by atoms with E-state index in [9.17, 15) is 9.59 Å². The van der Waals surface area contributed by atoms with Crippen LogP contribution in [0.2, 0.25) is 0 Å². The molecule has 0 unspecified atom stereocenters. The molecule has 0 aromatic rings. The topological polar surface area (TPSA) is 75.6 Å². The summed E-state index contributed by atoms with van der Waals surface area (Å²) in [5.41, 5.74) is 0. The van der Waals surface area contributed by atoms with Gasteiger partial charge in [0, 0.05) is 7.11 Å². The predicted molar refractivity (Wildman–Crippen MR) is 46.3 cm³/mol. The van der Waals surface area contributed by atoms with Crippen molar-refractivity contribution in [1.29, 1.82) is 0 Å². The molecule has 0 aliphatic heterocycles. The maximum absolute atomic E-state index is 10.9. The van der Waals surface area contributed by atoms with Crippen LogP contribution in [0.3, 0.4) is 0 Å². The van der Waals surface area contributed by atoms with Gasteiger partial charge in [-0.15, -0.1) is 6.58 Å². The van der Waals surface area contributed by atoms with Gasteiger partial charge in [0.25, 0.3) is 0 Å². The molecule has 1 atom stereocenters. The van der Waals surface area contributed by atoms with E-state index < -0.39 is 17.9 Å². The molecule has 0 heterocycles. The molecule has 0 aliphatic carbocycles. The first-order valence-corrected chi connectivity index (χ1v) is 3.73. The molecule has 0 aromatic carbocycles. The monoisotopic (exact) mass is 187 g/mol. The highest BCUT2D eigenvalue weighted by atomic mass is 16.5. The highest BCUT2D eigenvalue weighted by Crippen LogP contribution is 1.92. The van der Waals surface area contributed by atoms with Gasteiger partial charge in [-0.05, 0) is 6.42 Å². The summed E-state index contributed by atoms with van der Waals surface area (Å²) >= 11 is 0. The SMILES string of the molecule is C=CC[C@@H](NC(=O)COC)C(=O)O. The number of hydrogen-bond donors (Lipinski definition) is 2. The van der Waals surface area contributed by atoms with E-state index in [1.807, 2.05) is 0 Å². The molecule has 1 amide bonds. The van der Waals surface area contributed by atoms with Crippen molar-refractivity contribution >= 4 is 11.9 Å². The molecule has 0 bridgehead atoms. The Morgan fingerprint density at radius 1 is 1.69 bits per heavy atom. The fourth-order valence-corrected chi connectivity index (χ4v) is 0.755. The van der Waals surface area contributed by atoms with Gasteiger partial charge in [-0.3, -0.25) is 4.79 Å². The van der Waals surface area contributed by atoms with Gasteiger partial charge in [-0.25, -0.2) is 4.79 Å². The number of hydrogen-bond acceptors (Lipinski definition) is 3. The zero-order valence-corrected chi connectivity index (χ0v) is 7.45. The van der Waals surface area contributed by atoms with E-state index in [0.717, 1.165) is 0 Å². The van der Waals surface area contributed by atoms with E-state index in [1.54, 1.807) is 0 Å². The minimum absolute atomic E-state index is 0.138. The maximum Gasteiger partial charge on any atom is 0.326 e. The molecule has 0 saturated carbocycles. The zero-order chi connectivity index (χ0) is 10.3. The van der Waals surface area contributed by atoms with Crippen molar-refractivity contribution in [2.24, 2.45) is 0 Å². The number of ether oxygens (including phenoxy) is 1. The molecular formula is C8H13NO4. The predicted octanol–water partition coefficient (Wildman–Crippen LogP) is -0.222. The summed E-state index contributed by atoms with van der Waals surface area (Å²) in [4.78, 5) is 21.4. The van der Waals surface area contributed by atoms with E-state index in [1.165, 1.54) is 13.2 Å². The maximum atomic E-state index is 10.9. The molecule has 2 N–H and O–H groups in total. The smallest absolute Gasteiger partial charge is 0.326 e. The lowest BCUT2D eigenvalue weighted by atomic mass is 10.2. The highest BCUT2D eigenvalue weighted by molar-refractivity contribution is 5.84. The number of methoxy groups -OCH3 is 1. The van der Waals surface area contributed by atoms with E-state index in [-0.39, 0.29) is 13.0 Å². The van der Waals surface area contributed by atoms with Crippen molar-refractivity contribution in [2.45, 2.75) is 12.5 Å². The van der Waals surface area contributed by atoms with Crippen LogP contribution in [-0.2, 0) is 14.3 Å². The van der Waals surface area contributed by atoms with Crippen molar-refractivity contribution < 1.29 is 19.4 Å². The Morgan fingerprint density at radius 2 is 2.31 bits per heavy atom. The van der Waals surface area contributed by atoms with Crippen LogP contribution in [0.4, 0.5) is 0 Å². The molecular weight excluding hydrogens is 174 g/mol. The molecule has 0 fully saturated rings. The Morgan fingerprint density at radius 3 is 2.69 bits per heavy atom. The van der Waals surface area contributed by atoms with Crippen LogP contribution in [0.15, 0.2) is 12.7 Å². The van der Waals surface area contributed by atoms with E-state index >= 15 is 0 Å². The lowest BCUT2D eigenvalue weighted by Gasteiger charge is -2.11. The summed E-state index contributed by atoms with van der Waals surface area (Å²) in [6, 6.07) is -0.917. The summed E-state index contributed by atoms with van der Waals surface area (Å²) in [6.07, 6.45) is 1.64. The van der Waals surface area contributed by atoms with Gasteiger partial charge in [-0.2, -0.15) is 0 Å². The largest absolute Gasteiger partial charge is 0.480 e. The molecule has 0 saturated heterocycles. The quantitative estimate of drug-likeness (QED) is 0.563. The number of aliphatic carboxylic acids is 1. The molecule has 0 spiro atoms. The Kier molecular flexibility index (Phi) is 5.54. The van der Waals surface area contributed by atoms with E-state index in [4.69, 9.17) is 5.11 Å². The number of amides is 1. The summed E-state index contributed by atoms with van der Waals surface area (Å²) in [5, 5.41) is 10.9. The standard InChI is InChI=1S/C8H13NO4/c1-3-4-6(8(11)12)9-7(10)5-13-2/h3,6H,1,4-5H2,2H3,(H,9,10)(H,11,12)/t6-/m1/s1. The fraction of sp³-hybridized carbons (Fsp3) is 0.500. The van der Waals surface area contributed by atoms with Crippen LogP contribution in [0, 0.1) is 0 Å². The number of carbonyl (C=O) groups is 2. The summed E-state index contributed by atoms with van der Waals surface area (Å²) < 4.78 is 4.53. The van der Waals surface area contributed by atoms with E-state index in [0.29, 0.717) is 0 Å². The number of carboxylic acid groups (broad SMARTS) is 1. The Balaban J connectivity index is 4.01. The molecule has 0 radical (unpaired) electrons. The number of rotatable bonds is 6. The van der Waals surface area contributed by atoms with Crippen molar-refractivity contribution in [3.8, 4) is 0 Å². The third-order valence-corrected chi connectivity index (χ3v) is 1.31. The number of carbonyl (C=O) groups excluding carboxylic acids is 1. The zero-order valence-electron chi connectivity index (χ0n) is 7.45. The minimum atomic E-state index is -1.08. The first-order valence-electron chi connectivity index (χ1n) is 3.73. The molecule has 0 aliphatic rings. The Labute approximate surface area is 76.4 Å². The van der Waals surface area contributed by atoms with Crippen LogP contribution in [0.5, 0.6) is 0 Å². The van der Waals surface area contributed by atoms with Crippen molar-refractivity contribution in [2.75, 3.05) is 13.7 Å². The molecule has 13 heavy (non-hydrogen) atoms. The second-order valence-electron chi connectivity index (χ2n) is 2.42. The van der Waals surface area contributed by atoms with Crippen LogP contribution in [0.1, 0.15) is 6.42 Å². The number of nitrogens with one attached hydrogen (secondary N) is 1. The van der Waals surface area contributed by atoms with Crippen LogP contribution in [0.25, 0.3) is 0 Å². The van der Waals surface area contributed by atoms with Gasteiger partial charge in [-0.1, -0.05) is 6.08 Å². The molecule has 74 valence electrons. The minimum Gasteiger partial charge on any atom is -0.480 e. The second-order valence-corrected chi connectivity index (χ2v) is 2.42. The van der Waals surface area contributed by atoms with Crippen LogP contribution < -0.4 is 5.32 Å². The van der Waals surface area contributed by atoms with Crippen molar-refractivity contribution in [3.63, 3.8) is 0 Å². The lowest BCUT2D eigenvalue weighted by Crippen LogP contribution is -2.41. The van der Waals surface area contributed by atoms with Crippen LogP contribution in [-0.4, -0.2) is 36.7 Å². The third kappa shape index (κ3) is 4.97. The average molecular weight is 187 g/mol. The summed E-state index contributed by atoms with van der Waals surface area (Å²) in [7, 11) is 1.36. The first-order chi connectivity index (χ1) is 6.11. The summed E-state index contributed by atoms with van der Waals surface area (Å²) in [5.74, 6) is -1.53. The Hall–Kier alpha value is -1.36. The van der Waals surface area contributed by atoms with E-state index in [2.05, 4.69) is 16.6 Å². The highest BCUT2D eigenvalue weighted by Gasteiger charge is 2.17. The average Bonchev–Trinajstić information content (AvgIpc) is 2.04. The molecule has 5 nitrogen and oxygen atoms in total. The van der Waals surface area contributed by atoms with Gasteiger partial charge in [0.2, 0.25) is 5.91 Å². The van der Waals surface area contributed by atoms with Gasteiger partial charge in [0.1, 0.15) is 12.6 Å². The molecule has 0 rings (SSSR count). The van der Waals surface area contributed by atoms with Gasteiger partial charge >= 0.3 is 5.97 Å². The van der Waals surface area contributed by atoms with Gasteiger partial charge in [0.05, 0.1) is 0 Å².